The van der Waals surface area contributed by atoms with E-state index in [2.05, 4.69) is 11.1 Å². The van der Waals surface area contributed by atoms with Gasteiger partial charge >= 0.3 is 5.91 Å². The van der Waals surface area contributed by atoms with Gasteiger partial charge in [0.15, 0.2) is 5.13 Å². The van der Waals surface area contributed by atoms with Crippen LogP contribution in [-0.4, -0.2) is 28.9 Å². The van der Waals surface area contributed by atoms with E-state index in [1.165, 1.54) is 16.2 Å². The molecule has 4 aromatic rings. The summed E-state index contributed by atoms with van der Waals surface area (Å²) in [7, 11) is 1.54. The van der Waals surface area contributed by atoms with Crippen LogP contribution in [0.4, 0.5) is 5.13 Å². The Kier molecular flexibility index (Phi) is 6.74. The Hall–Kier alpha value is -4.43. The summed E-state index contributed by atoms with van der Waals surface area (Å²) < 4.78 is 11.2. The van der Waals surface area contributed by atoms with Crippen LogP contribution in [0.15, 0.2) is 89.9 Å². The van der Waals surface area contributed by atoms with Gasteiger partial charge in [0.1, 0.15) is 23.9 Å². The van der Waals surface area contributed by atoms with Gasteiger partial charge in [0.25, 0.3) is 5.78 Å². The number of methoxy groups -OCH3 is 1. The average Bonchev–Trinajstić information content (AvgIpc) is 3.54. The highest BCUT2D eigenvalue weighted by Crippen LogP contribution is 2.43. The fourth-order valence-corrected chi connectivity index (χ4v) is 4.99. The van der Waals surface area contributed by atoms with Crippen LogP contribution in [0.2, 0.25) is 0 Å². The Labute approximate surface area is 218 Å². The van der Waals surface area contributed by atoms with E-state index in [0.717, 1.165) is 11.1 Å². The summed E-state index contributed by atoms with van der Waals surface area (Å²) in [4.78, 5) is 31.9. The number of carbonyl (C=O) groups is 2. The maximum absolute atomic E-state index is 13.2. The fourth-order valence-electron chi connectivity index (χ4n) is 4.32. The Morgan fingerprint density at radius 1 is 1.03 bits per heavy atom. The number of hydrogen-bond donors (Lipinski definition) is 1. The van der Waals surface area contributed by atoms with Crippen molar-refractivity contribution in [2.24, 2.45) is 0 Å². The molecule has 1 amide bonds. The summed E-state index contributed by atoms with van der Waals surface area (Å²) in [6, 6.07) is 21.1. The maximum Gasteiger partial charge on any atom is 0.301 e. The fraction of sp³-hybridized carbons (Fsp3) is 0.138. The smallest absolute Gasteiger partial charge is 0.301 e. The third-order valence-corrected chi connectivity index (χ3v) is 6.87. The Bertz CT molecular complexity index is 1480. The number of aromatic nitrogens is 1. The highest BCUT2D eigenvalue weighted by atomic mass is 32.1. The topological polar surface area (TPSA) is 89.0 Å². The molecule has 1 aliphatic rings. The van der Waals surface area contributed by atoms with Crippen molar-refractivity contribution >= 4 is 33.9 Å². The van der Waals surface area contributed by atoms with Crippen LogP contribution in [0.25, 0.3) is 5.76 Å². The van der Waals surface area contributed by atoms with E-state index >= 15 is 0 Å². The molecule has 8 heteroatoms. The third kappa shape index (κ3) is 4.83. The van der Waals surface area contributed by atoms with Gasteiger partial charge in [0, 0.05) is 17.1 Å². The Balaban J connectivity index is 1.50. The lowest BCUT2D eigenvalue weighted by Crippen LogP contribution is -2.29. The van der Waals surface area contributed by atoms with Crippen molar-refractivity contribution in [1.29, 1.82) is 0 Å². The maximum atomic E-state index is 13.2. The number of nitrogens with zero attached hydrogens (tertiary/aromatic N) is 2. The number of aliphatic hydroxyl groups excluding tert-OH is 1. The van der Waals surface area contributed by atoms with Crippen LogP contribution in [0, 0.1) is 6.92 Å². The molecule has 0 saturated carbocycles. The summed E-state index contributed by atoms with van der Waals surface area (Å²) >= 11 is 1.24. The monoisotopic (exact) mass is 512 g/mol. The number of aryl methyl sites for hydroxylation is 1. The average molecular weight is 513 g/mol. The Morgan fingerprint density at radius 3 is 2.51 bits per heavy atom. The van der Waals surface area contributed by atoms with E-state index in [9.17, 15) is 14.7 Å². The van der Waals surface area contributed by atoms with Crippen molar-refractivity contribution in [3.8, 4) is 11.5 Å². The first-order valence-electron chi connectivity index (χ1n) is 11.6. The van der Waals surface area contributed by atoms with E-state index in [-0.39, 0.29) is 11.3 Å². The number of Topliss-reactive ketones (excluding diaryl/α,β-unsaturated/α-hetero) is 1. The summed E-state index contributed by atoms with van der Waals surface area (Å²) in [5.41, 5.74) is 3.21. The zero-order chi connectivity index (χ0) is 25.9. The lowest BCUT2D eigenvalue weighted by atomic mass is 9.95. The van der Waals surface area contributed by atoms with Gasteiger partial charge in [0.05, 0.1) is 18.7 Å². The van der Waals surface area contributed by atoms with Crippen LogP contribution in [0.3, 0.4) is 0 Å². The molecule has 0 radical (unpaired) electrons. The molecule has 7 nitrogen and oxygen atoms in total. The number of hydrogen-bond acceptors (Lipinski definition) is 7. The molecular weight excluding hydrogens is 488 g/mol. The largest absolute Gasteiger partial charge is 0.507 e. The standard InChI is InChI=1S/C29H24N2O5S/c1-18-5-3-6-19(15-18)17-36-22-11-9-20(10-12-22)26(32)24-25(21-7-4-8-23(16-21)35-2)31(28(34)27(24)33)29-30-13-14-37-29/h3-16,25,32H,17H2,1-2H3/t25-/m1/s1. The molecule has 2 heterocycles. The highest BCUT2D eigenvalue weighted by molar-refractivity contribution is 7.14. The summed E-state index contributed by atoms with van der Waals surface area (Å²) in [6.45, 7) is 2.43. The molecule has 0 unspecified atom stereocenters. The van der Waals surface area contributed by atoms with Crippen molar-refractivity contribution in [3.63, 3.8) is 0 Å². The lowest BCUT2D eigenvalue weighted by molar-refractivity contribution is -0.132. The first-order chi connectivity index (χ1) is 18.0. The number of aliphatic hydroxyl groups is 1. The number of anilines is 1. The van der Waals surface area contributed by atoms with E-state index in [0.29, 0.717) is 34.4 Å². The molecule has 0 bridgehead atoms. The van der Waals surface area contributed by atoms with E-state index in [1.807, 2.05) is 25.1 Å². The van der Waals surface area contributed by atoms with Gasteiger partial charge in [-0.05, 0) is 54.4 Å². The van der Waals surface area contributed by atoms with Crippen LogP contribution in [0.5, 0.6) is 11.5 Å². The van der Waals surface area contributed by atoms with Gasteiger partial charge in [-0.3, -0.25) is 14.5 Å². The molecule has 1 fully saturated rings. The molecule has 1 atom stereocenters. The van der Waals surface area contributed by atoms with E-state index in [1.54, 1.807) is 67.2 Å². The van der Waals surface area contributed by atoms with Gasteiger partial charge in [0.2, 0.25) is 0 Å². The lowest BCUT2D eigenvalue weighted by Gasteiger charge is -2.23. The minimum Gasteiger partial charge on any atom is -0.507 e. The molecule has 3 aromatic carbocycles. The first kappa shape index (κ1) is 24.3. The van der Waals surface area contributed by atoms with Gasteiger partial charge in [-0.1, -0.05) is 42.0 Å². The molecule has 37 heavy (non-hydrogen) atoms. The summed E-state index contributed by atoms with van der Waals surface area (Å²) in [5.74, 6) is -0.610. The van der Waals surface area contributed by atoms with Crippen LogP contribution < -0.4 is 14.4 Å². The molecule has 186 valence electrons. The van der Waals surface area contributed by atoms with Crippen molar-refractivity contribution < 1.29 is 24.2 Å². The van der Waals surface area contributed by atoms with Gasteiger partial charge < -0.3 is 14.6 Å². The van der Waals surface area contributed by atoms with Gasteiger partial charge in [-0.2, -0.15) is 0 Å². The third-order valence-electron chi connectivity index (χ3n) is 6.10. The van der Waals surface area contributed by atoms with E-state index in [4.69, 9.17) is 9.47 Å². The van der Waals surface area contributed by atoms with Gasteiger partial charge in [-0.15, -0.1) is 11.3 Å². The number of carbonyl (C=O) groups excluding carboxylic acids is 2. The number of rotatable bonds is 7. The molecule has 1 aliphatic heterocycles. The highest BCUT2D eigenvalue weighted by Gasteiger charge is 2.48. The predicted octanol–water partition coefficient (Wildman–Crippen LogP) is 5.67. The zero-order valence-electron chi connectivity index (χ0n) is 20.3. The number of ether oxygens (including phenoxy) is 2. The quantitative estimate of drug-likeness (QED) is 0.195. The molecule has 1 aromatic heterocycles. The summed E-state index contributed by atoms with van der Waals surface area (Å²) in [5, 5.41) is 13.4. The van der Waals surface area contributed by atoms with Crippen molar-refractivity contribution in [2.45, 2.75) is 19.6 Å². The van der Waals surface area contributed by atoms with Crippen molar-refractivity contribution in [2.75, 3.05) is 12.0 Å². The van der Waals surface area contributed by atoms with E-state index < -0.39 is 17.7 Å². The number of benzene rings is 3. The molecule has 0 spiro atoms. The SMILES string of the molecule is COc1cccc([C@@H]2C(=C(O)c3ccc(OCc4cccc(C)c4)cc3)C(=O)C(=O)N2c2nccs2)c1. The predicted molar refractivity (Wildman–Crippen MR) is 142 cm³/mol. The summed E-state index contributed by atoms with van der Waals surface area (Å²) in [6.07, 6.45) is 1.57. The molecule has 1 saturated heterocycles. The molecule has 5 rings (SSSR count). The van der Waals surface area contributed by atoms with Crippen LogP contribution in [0.1, 0.15) is 28.3 Å². The minimum absolute atomic E-state index is 0.0121. The second-order valence-corrected chi connectivity index (χ2v) is 9.44. The van der Waals surface area contributed by atoms with Crippen LogP contribution >= 0.6 is 11.3 Å². The molecular formula is C29H24N2O5S. The zero-order valence-corrected chi connectivity index (χ0v) is 21.1. The van der Waals surface area contributed by atoms with Crippen molar-refractivity contribution in [3.05, 3.63) is 112 Å². The minimum atomic E-state index is -0.863. The number of amides is 1. The molecule has 1 N–H and O–H groups in total. The van der Waals surface area contributed by atoms with Gasteiger partial charge in [-0.25, -0.2) is 4.98 Å². The molecule has 0 aliphatic carbocycles. The van der Waals surface area contributed by atoms with Crippen LogP contribution in [-0.2, 0) is 16.2 Å². The van der Waals surface area contributed by atoms with Crippen molar-refractivity contribution in [1.82, 2.24) is 4.98 Å². The second kappa shape index (κ2) is 10.3. The Morgan fingerprint density at radius 2 is 1.81 bits per heavy atom. The first-order valence-corrected chi connectivity index (χ1v) is 12.5. The second-order valence-electron chi connectivity index (χ2n) is 8.56. The number of thiazole rings is 1. The number of ketones is 1. The normalized spacial score (nSPS) is 16.7.